The van der Waals surface area contributed by atoms with Gasteiger partial charge in [0, 0.05) is 43.9 Å². The highest BCUT2D eigenvalue weighted by atomic mass is 127. The van der Waals surface area contributed by atoms with E-state index in [9.17, 15) is 0 Å². The summed E-state index contributed by atoms with van der Waals surface area (Å²) in [5.41, 5.74) is 6.62. The van der Waals surface area contributed by atoms with E-state index in [4.69, 9.17) is 0 Å². The van der Waals surface area contributed by atoms with Crippen molar-refractivity contribution < 1.29 is 0 Å². The van der Waals surface area contributed by atoms with E-state index >= 15 is 0 Å². The molecule has 2 N–H and O–H groups in total. The molecule has 1 aromatic carbocycles. The number of benzene rings is 1. The van der Waals surface area contributed by atoms with Gasteiger partial charge in [0.1, 0.15) is 0 Å². The fourth-order valence-corrected chi connectivity index (χ4v) is 3.58. The Bertz CT molecular complexity index is 789. The van der Waals surface area contributed by atoms with E-state index in [2.05, 4.69) is 65.8 Å². The first-order valence-electron chi connectivity index (χ1n) is 8.96. The Kier molecular flexibility index (Phi) is 6.71. The second-order valence-electron chi connectivity index (χ2n) is 7.15. The van der Waals surface area contributed by atoms with Crippen LogP contribution in [0.1, 0.15) is 40.9 Å². The van der Waals surface area contributed by atoms with Gasteiger partial charge in [-0.05, 0) is 44.7 Å². The van der Waals surface area contributed by atoms with Crippen molar-refractivity contribution in [3.8, 4) is 0 Å². The van der Waals surface area contributed by atoms with E-state index in [1.54, 1.807) is 0 Å². The summed E-state index contributed by atoms with van der Waals surface area (Å²) in [6.45, 7) is 8.02. The summed E-state index contributed by atoms with van der Waals surface area (Å²) in [5, 5.41) is 11.4. The van der Waals surface area contributed by atoms with Crippen LogP contribution in [0.4, 0.5) is 0 Å². The van der Waals surface area contributed by atoms with Crippen molar-refractivity contribution in [2.24, 2.45) is 12.0 Å². The lowest BCUT2D eigenvalue weighted by atomic mass is 9.92. The summed E-state index contributed by atoms with van der Waals surface area (Å²) in [4.78, 5) is 4.38. The van der Waals surface area contributed by atoms with Crippen LogP contribution in [0.5, 0.6) is 0 Å². The molecule has 1 heterocycles. The van der Waals surface area contributed by atoms with Crippen LogP contribution in [0.3, 0.4) is 0 Å². The maximum absolute atomic E-state index is 4.48. The van der Waals surface area contributed by atoms with Gasteiger partial charge < -0.3 is 10.6 Å². The van der Waals surface area contributed by atoms with Gasteiger partial charge in [0.25, 0.3) is 0 Å². The first-order chi connectivity index (χ1) is 12.0. The standard InChI is InChI=1S/C20H29N5.HI/c1-14-8-6-7-9-18(14)20(10-11-20)13-23-19(21-4)22-12-17-15(2)24-25(5)16(17)3;/h6-9H,10-13H2,1-5H3,(H2,21,22,23);1H. The highest BCUT2D eigenvalue weighted by Crippen LogP contribution is 2.48. The lowest BCUT2D eigenvalue weighted by Gasteiger charge is -2.21. The van der Waals surface area contributed by atoms with E-state index < -0.39 is 0 Å². The number of hydrogen-bond donors (Lipinski definition) is 2. The Hall–Kier alpha value is -1.57. The third-order valence-corrected chi connectivity index (χ3v) is 5.48. The van der Waals surface area contributed by atoms with Crippen LogP contribution >= 0.6 is 24.0 Å². The third kappa shape index (κ3) is 4.22. The highest BCUT2D eigenvalue weighted by molar-refractivity contribution is 14.0. The largest absolute Gasteiger partial charge is 0.356 e. The van der Waals surface area contributed by atoms with Crippen LogP contribution in [-0.4, -0.2) is 29.3 Å². The predicted molar refractivity (Wildman–Crippen MR) is 118 cm³/mol. The Morgan fingerprint density at radius 1 is 1.19 bits per heavy atom. The van der Waals surface area contributed by atoms with Crippen LogP contribution in [0.25, 0.3) is 0 Å². The van der Waals surface area contributed by atoms with Crippen LogP contribution in [0.2, 0.25) is 0 Å². The second kappa shape index (κ2) is 8.41. The SMILES string of the molecule is CN=C(NCc1c(C)nn(C)c1C)NCC1(c2ccccc2C)CC1.I. The molecule has 0 spiro atoms. The number of nitrogens with zero attached hydrogens (tertiary/aromatic N) is 3. The van der Waals surface area contributed by atoms with Crippen LogP contribution < -0.4 is 10.6 Å². The Balaban J connectivity index is 0.00000243. The normalized spacial score (nSPS) is 15.3. The predicted octanol–water partition coefficient (Wildman–Crippen LogP) is 3.36. The van der Waals surface area contributed by atoms with Gasteiger partial charge in [-0.15, -0.1) is 24.0 Å². The topological polar surface area (TPSA) is 54.2 Å². The molecule has 26 heavy (non-hydrogen) atoms. The summed E-state index contributed by atoms with van der Waals surface area (Å²) in [6.07, 6.45) is 2.48. The van der Waals surface area contributed by atoms with Crippen LogP contribution in [0.15, 0.2) is 29.3 Å². The van der Waals surface area contributed by atoms with E-state index in [-0.39, 0.29) is 29.4 Å². The third-order valence-electron chi connectivity index (χ3n) is 5.48. The molecular formula is C20H30IN5. The molecule has 1 aromatic heterocycles. The van der Waals surface area contributed by atoms with Crippen molar-refractivity contribution in [2.45, 2.75) is 45.6 Å². The Morgan fingerprint density at radius 2 is 1.88 bits per heavy atom. The molecule has 0 saturated heterocycles. The highest BCUT2D eigenvalue weighted by Gasteiger charge is 2.44. The lowest BCUT2D eigenvalue weighted by molar-refractivity contribution is 0.641. The van der Waals surface area contributed by atoms with Crippen molar-refractivity contribution >= 4 is 29.9 Å². The van der Waals surface area contributed by atoms with Gasteiger partial charge in [-0.25, -0.2) is 0 Å². The number of aliphatic imine (C=N–C) groups is 1. The smallest absolute Gasteiger partial charge is 0.191 e. The van der Waals surface area contributed by atoms with E-state index in [1.165, 1.54) is 35.2 Å². The van der Waals surface area contributed by atoms with Crippen molar-refractivity contribution in [2.75, 3.05) is 13.6 Å². The minimum atomic E-state index is 0. The summed E-state index contributed by atoms with van der Waals surface area (Å²) in [7, 11) is 3.81. The molecule has 0 bridgehead atoms. The molecule has 0 amide bonds. The molecule has 6 heteroatoms. The number of halogens is 1. The van der Waals surface area contributed by atoms with Gasteiger partial charge in [-0.3, -0.25) is 9.67 Å². The lowest BCUT2D eigenvalue weighted by Crippen LogP contribution is -2.41. The zero-order chi connectivity index (χ0) is 18.0. The fraction of sp³-hybridized carbons (Fsp3) is 0.500. The number of aromatic nitrogens is 2. The van der Waals surface area contributed by atoms with Crippen LogP contribution in [-0.2, 0) is 19.0 Å². The number of guanidine groups is 1. The van der Waals surface area contributed by atoms with Gasteiger partial charge in [-0.2, -0.15) is 5.10 Å². The first-order valence-corrected chi connectivity index (χ1v) is 8.96. The number of rotatable bonds is 5. The quantitative estimate of drug-likeness (QED) is 0.403. The molecule has 0 unspecified atom stereocenters. The summed E-state index contributed by atoms with van der Waals surface area (Å²) < 4.78 is 1.93. The van der Waals surface area contributed by atoms with E-state index in [1.807, 2.05) is 18.8 Å². The molecule has 5 nitrogen and oxygen atoms in total. The molecule has 2 aromatic rings. The van der Waals surface area contributed by atoms with Gasteiger partial charge in [0.05, 0.1) is 5.69 Å². The average Bonchev–Trinajstić information content (AvgIpc) is 3.33. The van der Waals surface area contributed by atoms with Gasteiger partial charge >= 0.3 is 0 Å². The zero-order valence-corrected chi connectivity index (χ0v) is 18.7. The molecule has 0 atom stereocenters. The summed E-state index contributed by atoms with van der Waals surface area (Å²) in [6, 6.07) is 8.73. The molecule has 142 valence electrons. The van der Waals surface area contributed by atoms with Crippen LogP contribution in [0, 0.1) is 20.8 Å². The van der Waals surface area contributed by atoms with Gasteiger partial charge in [-0.1, -0.05) is 24.3 Å². The Morgan fingerprint density at radius 3 is 2.42 bits per heavy atom. The fourth-order valence-electron chi connectivity index (χ4n) is 3.58. The zero-order valence-electron chi connectivity index (χ0n) is 16.4. The van der Waals surface area contributed by atoms with E-state index in [0.717, 1.165) is 24.7 Å². The number of nitrogens with one attached hydrogen (secondary N) is 2. The second-order valence-corrected chi connectivity index (χ2v) is 7.15. The average molecular weight is 467 g/mol. The minimum Gasteiger partial charge on any atom is -0.356 e. The monoisotopic (exact) mass is 467 g/mol. The summed E-state index contributed by atoms with van der Waals surface area (Å²) >= 11 is 0. The molecular weight excluding hydrogens is 437 g/mol. The van der Waals surface area contributed by atoms with Gasteiger partial charge in [0.15, 0.2) is 5.96 Å². The van der Waals surface area contributed by atoms with Crippen molar-refractivity contribution in [1.82, 2.24) is 20.4 Å². The minimum absolute atomic E-state index is 0. The summed E-state index contributed by atoms with van der Waals surface area (Å²) in [5.74, 6) is 0.850. The van der Waals surface area contributed by atoms with E-state index in [0.29, 0.717) is 0 Å². The van der Waals surface area contributed by atoms with Gasteiger partial charge in [0.2, 0.25) is 0 Å². The molecule has 0 radical (unpaired) electrons. The molecule has 1 aliphatic rings. The number of aryl methyl sites for hydroxylation is 3. The molecule has 1 saturated carbocycles. The molecule has 3 rings (SSSR count). The van der Waals surface area contributed by atoms with Crippen molar-refractivity contribution in [1.29, 1.82) is 0 Å². The maximum Gasteiger partial charge on any atom is 0.191 e. The molecule has 1 fully saturated rings. The van der Waals surface area contributed by atoms with Crippen molar-refractivity contribution in [3.63, 3.8) is 0 Å². The first kappa shape index (κ1) is 20.7. The molecule has 0 aliphatic heterocycles. The maximum atomic E-state index is 4.48. The van der Waals surface area contributed by atoms with Crippen molar-refractivity contribution in [3.05, 3.63) is 52.3 Å². The Labute approximate surface area is 173 Å². The molecule has 1 aliphatic carbocycles. The number of hydrogen-bond acceptors (Lipinski definition) is 2.